The second-order valence-corrected chi connectivity index (χ2v) is 4.33. The van der Waals surface area contributed by atoms with Crippen molar-refractivity contribution in [1.82, 2.24) is 0 Å². The molecule has 0 radical (unpaired) electrons. The zero-order valence-electron chi connectivity index (χ0n) is 10.6. The summed E-state index contributed by atoms with van der Waals surface area (Å²) >= 11 is 0. The van der Waals surface area contributed by atoms with E-state index in [2.05, 4.69) is 5.32 Å². The summed E-state index contributed by atoms with van der Waals surface area (Å²) in [5.41, 5.74) is 1.89. The zero-order chi connectivity index (χ0) is 13.5. The zero-order valence-corrected chi connectivity index (χ0v) is 10.6. The number of rotatable bonds is 6. The average Bonchev–Trinajstić information content (AvgIpc) is 2.49. The van der Waals surface area contributed by atoms with E-state index in [0.717, 1.165) is 11.3 Å². The molecule has 0 amide bonds. The van der Waals surface area contributed by atoms with Gasteiger partial charge in [0.05, 0.1) is 5.92 Å². The van der Waals surface area contributed by atoms with Crippen LogP contribution in [0.2, 0.25) is 0 Å². The Kier molecular flexibility index (Phi) is 4.70. The van der Waals surface area contributed by atoms with Crippen LogP contribution in [0, 0.1) is 0 Å². The molecule has 0 heterocycles. The van der Waals surface area contributed by atoms with Gasteiger partial charge in [-0.05, 0) is 17.7 Å². The van der Waals surface area contributed by atoms with E-state index in [1.165, 1.54) is 0 Å². The van der Waals surface area contributed by atoms with Crippen molar-refractivity contribution >= 4 is 11.5 Å². The number of anilines is 1. The summed E-state index contributed by atoms with van der Waals surface area (Å²) in [5, 5.41) is 12.3. The van der Waals surface area contributed by atoms with E-state index in [4.69, 9.17) is 5.11 Å². The van der Waals surface area contributed by atoms with Crippen LogP contribution in [-0.4, -0.2) is 24.0 Å². The monoisotopic (exact) mass is 255 g/mol. The van der Waals surface area contributed by atoms with Crippen molar-refractivity contribution in [2.45, 2.75) is 5.92 Å². The maximum Gasteiger partial charge on any atom is 0.167 e. The van der Waals surface area contributed by atoms with Gasteiger partial charge in [0.25, 0.3) is 0 Å². The third-order valence-electron chi connectivity index (χ3n) is 3.03. The van der Waals surface area contributed by atoms with Crippen LogP contribution in [0.1, 0.15) is 11.5 Å². The Hall–Kier alpha value is -2.13. The molecule has 2 aromatic rings. The standard InChI is InChI=1S/C16H17NO2/c18-12-16(19)15(13-7-3-1-4-8-13)11-17-14-9-5-2-6-10-14/h1-10,15,17-18H,11-12H2. The van der Waals surface area contributed by atoms with Crippen LogP contribution in [0.5, 0.6) is 0 Å². The van der Waals surface area contributed by atoms with Gasteiger partial charge in [0.15, 0.2) is 5.78 Å². The van der Waals surface area contributed by atoms with Crippen LogP contribution in [-0.2, 0) is 4.79 Å². The highest BCUT2D eigenvalue weighted by molar-refractivity contribution is 5.87. The number of aliphatic hydroxyl groups is 1. The van der Waals surface area contributed by atoms with Crippen molar-refractivity contribution in [3.8, 4) is 0 Å². The van der Waals surface area contributed by atoms with E-state index in [9.17, 15) is 4.79 Å². The fourth-order valence-electron chi connectivity index (χ4n) is 1.99. The number of para-hydroxylation sites is 1. The van der Waals surface area contributed by atoms with Crippen molar-refractivity contribution in [2.75, 3.05) is 18.5 Å². The summed E-state index contributed by atoms with van der Waals surface area (Å²) in [5.74, 6) is -0.499. The smallest absolute Gasteiger partial charge is 0.167 e. The number of hydrogen-bond donors (Lipinski definition) is 2. The Balaban J connectivity index is 2.09. The van der Waals surface area contributed by atoms with Gasteiger partial charge in [-0.25, -0.2) is 0 Å². The Morgan fingerprint density at radius 2 is 1.58 bits per heavy atom. The molecule has 0 saturated carbocycles. The second kappa shape index (κ2) is 6.71. The third-order valence-corrected chi connectivity index (χ3v) is 3.03. The van der Waals surface area contributed by atoms with E-state index >= 15 is 0 Å². The normalized spacial score (nSPS) is 11.8. The lowest BCUT2D eigenvalue weighted by Crippen LogP contribution is -2.23. The van der Waals surface area contributed by atoms with Crippen LogP contribution >= 0.6 is 0 Å². The molecule has 0 spiro atoms. The van der Waals surface area contributed by atoms with Gasteiger partial charge in [-0.3, -0.25) is 4.79 Å². The molecule has 3 nitrogen and oxygen atoms in total. The quantitative estimate of drug-likeness (QED) is 0.833. The second-order valence-electron chi connectivity index (χ2n) is 4.33. The van der Waals surface area contributed by atoms with Gasteiger partial charge < -0.3 is 10.4 Å². The van der Waals surface area contributed by atoms with Crippen molar-refractivity contribution in [3.05, 3.63) is 66.2 Å². The van der Waals surface area contributed by atoms with Gasteiger partial charge in [-0.15, -0.1) is 0 Å². The van der Waals surface area contributed by atoms with E-state index in [0.29, 0.717) is 6.54 Å². The molecular weight excluding hydrogens is 238 g/mol. The Morgan fingerprint density at radius 3 is 2.16 bits per heavy atom. The minimum absolute atomic E-state index is 0.172. The maximum atomic E-state index is 11.8. The van der Waals surface area contributed by atoms with Crippen LogP contribution in [0.15, 0.2) is 60.7 Å². The summed E-state index contributed by atoms with van der Waals surface area (Å²) in [6.45, 7) is 0.0451. The fourth-order valence-corrected chi connectivity index (χ4v) is 1.99. The molecule has 0 bridgehead atoms. The summed E-state index contributed by atoms with van der Waals surface area (Å²) in [6.07, 6.45) is 0. The molecular formula is C16H17NO2. The molecule has 2 rings (SSSR count). The Morgan fingerprint density at radius 1 is 1.00 bits per heavy atom. The SMILES string of the molecule is O=C(CO)C(CNc1ccccc1)c1ccccc1. The average molecular weight is 255 g/mol. The van der Waals surface area contributed by atoms with Gasteiger partial charge in [-0.2, -0.15) is 0 Å². The van der Waals surface area contributed by atoms with Crippen LogP contribution in [0.3, 0.4) is 0 Å². The van der Waals surface area contributed by atoms with E-state index < -0.39 is 6.61 Å². The Bertz CT molecular complexity index is 511. The number of hydrogen-bond acceptors (Lipinski definition) is 3. The van der Waals surface area contributed by atoms with E-state index in [-0.39, 0.29) is 11.7 Å². The minimum Gasteiger partial charge on any atom is -0.389 e. The lowest BCUT2D eigenvalue weighted by Gasteiger charge is -2.16. The molecule has 1 atom stereocenters. The van der Waals surface area contributed by atoms with Crippen molar-refractivity contribution in [2.24, 2.45) is 0 Å². The highest BCUT2D eigenvalue weighted by atomic mass is 16.3. The molecule has 0 aromatic heterocycles. The molecule has 2 aromatic carbocycles. The number of carbonyl (C=O) groups excluding carboxylic acids is 1. The van der Waals surface area contributed by atoms with Gasteiger partial charge in [0.2, 0.25) is 0 Å². The predicted molar refractivity (Wildman–Crippen MR) is 76.2 cm³/mol. The van der Waals surface area contributed by atoms with E-state index in [1.54, 1.807) is 0 Å². The van der Waals surface area contributed by atoms with Crippen LogP contribution < -0.4 is 5.32 Å². The largest absolute Gasteiger partial charge is 0.389 e. The van der Waals surface area contributed by atoms with Gasteiger partial charge >= 0.3 is 0 Å². The number of nitrogens with one attached hydrogen (secondary N) is 1. The first-order chi connectivity index (χ1) is 9.31. The first kappa shape index (κ1) is 13.3. The molecule has 0 aliphatic carbocycles. The van der Waals surface area contributed by atoms with E-state index in [1.807, 2.05) is 60.7 Å². The summed E-state index contributed by atoms with van der Waals surface area (Å²) in [6, 6.07) is 19.2. The topological polar surface area (TPSA) is 49.3 Å². The molecule has 0 fully saturated rings. The van der Waals surface area contributed by atoms with Crippen LogP contribution in [0.25, 0.3) is 0 Å². The molecule has 0 saturated heterocycles. The molecule has 98 valence electrons. The number of ketones is 1. The highest BCUT2D eigenvalue weighted by Gasteiger charge is 2.19. The minimum atomic E-state index is -0.434. The lowest BCUT2D eigenvalue weighted by atomic mass is 9.95. The van der Waals surface area contributed by atoms with Gasteiger partial charge in [-0.1, -0.05) is 48.5 Å². The molecule has 0 aliphatic heterocycles. The maximum absolute atomic E-state index is 11.8. The number of aliphatic hydroxyl groups excluding tert-OH is 1. The first-order valence-corrected chi connectivity index (χ1v) is 6.28. The van der Waals surface area contributed by atoms with Crippen LogP contribution in [0.4, 0.5) is 5.69 Å². The number of carbonyl (C=O) groups is 1. The summed E-state index contributed by atoms with van der Waals surface area (Å²) in [7, 11) is 0. The number of benzene rings is 2. The Labute approximate surface area is 112 Å². The van der Waals surface area contributed by atoms with Crippen molar-refractivity contribution < 1.29 is 9.90 Å². The molecule has 19 heavy (non-hydrogen) atoms. The molecule has 2 N–H and O–H groups in total. The summed E-state index contributed by atoms with van der Waals surface area (Å²) < 4.78 is 0. The molecule has 3 heteroatoms. The van der Waals surface area contributed by atoms with Crippen molar-refractivity contribution in [1.29, 1.82) is 0 Å². The molecule has 1 unspecified atom stereocenters. The summed E-state index contributed by atoms with van der Waals surface area (Å²) in [4.78, 5) is 11.8. The third kappa shape index (κ3) is 3.66. The molecule has 0 aliphatic rings. The lowest BCUT2D eigenvalue weighted by molar-refractivity contribution is -0.122. The predicted octanol–water partition coefficient (Wildman–Crippen LogP) is 2.44. The number of Topliss-reactive ketones (excluding diaryl/α,β-unsaturated/α-hetero) is 1. The van der Waals surface area contributed by atoms with Gasteiger partial charge in [0, 0.05) is 12.2 Å². The fraction of sp³-hybridized carbons (Fsp3) is 0.188. The first-order valence-electron chi connectivity index (χ1n) is 6.28. The van der Waals surface area contributed by atoms with Crippen molar-refractivity contribution in [3.63, 3.8) is 0 Å². The van der Waals surface area contributed by atoms with Gasteiger partial charge in [0.1, 0.15) is 6.61 Å². The highest BCUT2D eigenvalue weighted by Crippen LogP contribution is 2.18.